The van der Waals surface area contributed by atoms with Gasteiger partial charge in [0, 0.05) is 20.7 Å². The molecule has 4 nitrogen and oxygen atoms in total. The molecule has 4 aromatic rings. The van der Waals surface area contributed by atoms with E-state index in [4.69, 9.17) is 14.2 Å². The standard InChI is InChI=1S/C26H22O4S/c1-28-22-12-10-20(26-16-19-6-4-5-7-25(19)31-26)14-18(22)8-11-21(27)17-9-13-23(29-2)24(15-17)30-3/h4-16H,1-3H3. The number of carbonyl (C=O) groups is 1. The predicted octanol–water partition coefficient (Wildman–Crippen LogP) is 6.49. The molecule has 0 aliphatic carbocycles. The van der Waals surface area contributed by atoms with E-state index in [1.165, 1.54) is 15.0 Å². The Balaban J connectivity index is 1.65. The smallest absolute Gasteiger partial charge is 0.185 e. The lowest BCUT2D eigenvalue weighted by Crippen LogP contribution is -1.97. The molecule has 5 heteroatoms. The van der Waals surface area contributed by atoms with Crippen molar-refractivity contribution in [3.63, 3.8) is 0 Å². The van der Waals surface area contributed by atoms with Gasteiger partial charge in [-0.15, -0.1) is 11.3 Å². The second kappa shape index (κ2) is 9.06. The highest BCUT2D eigenvalue weighted by molar-refractivity contribution is 7.22. The van der Waals surface area contributed by atoms with Gasteiger partial charge < -0.3 is 14.2 Å². The van der Waals surface area contributed by atoms with Gasteiger partial charge in [0.05, 0.1) is 21.3 Å². The Kier molecular flexibility index (Phi) is 6.05. The molecule has 156 valence electrons. The lowest BCUT2D eigenvalue weighted by Gasteiger charge is -2.08. The van der Waals surface area contributed by atoms with E-state index in [0.29, 0.717) is 22.8 Å². The van der Waals surface area contributed by atoms with Crippen molar-refractivity contribution in [1.82, 2.24) is 0 Å². The normalized spacial score (nSPS) is 11.1. The number of hydrogen-bond donors (Lipinski definition) is 0. The van der Waals surface area contributed by atoms with Crippen LogP contribution in [0.1, 0.15) is 15.9 Å². The quantitative estimate of drug-likeness (QED) is 0.248. The Morgan fingerprint density at radius 2 is 1.55 bits per heavy atom. The molecule has 4 rings (SSSR count). The molecule has 0 spiro atoms. The van der Waals surface area contributed by atoms with Crippen LogP contribution in [0.2, 0.25) is 0 Å². The summed E-state index contributed by atoms with van der Waals surface area (Å²) in [7, 11) is 4.74. The molecular weight excluding hydrogens is 408 g/mol. The minimum Gasteiger partial charge on any atom is -0.496 e. The Morgan fingerprint density at radius 1 is 0.806 bits per heavy atom. The van der Waals surface area contributed by atoms with Crippen molar-refractivity contribution in [2.75, 3.05) is 21.3 Å². The maximum atomic E-state index is 12.7. The summed E-state index contributed by atoms with van der Waals surface area (Å²) in [5.74, 6) is 1.68. The van der Waals surface area contributed by atoms with E-state index in [1.807, 2.05) is 30.3 Å². The maximum absolute atomic E-state index is 12.7. The lowest BCUT2D eigenvalue weighted by atomic mass is 10.0. The van der Waals surface area contributed by atoms with E-state index in [9.17, 15) is 4.79 Å². The molecular formula is C26H22O4S. The lowest BCUT2D eigenvalue weighted by molar-refractivity contribution is 0.104. The van der Waals surface area contributed by atoms with Crippen LogP contribution in [-0.2, 0) is 0 Å². The molecule has 0 N–H and O–H groups in total. The third-order valence-electron chi connectivity index (χ3n) is 5.02. The number of rotatable bonds is 7. The number of hydrogen-bond acceptors (Lipinski definition) is 5. The molecule has 1 aromatic heterocycles. The molecule has 0 radical (unpaired) electrons. The van der Waals surface area contributed by atoms with E-state index in [0.717, 1.165) is 11.1 Å². The van der Waals surface area contributed by atoms with Gasteiger partial charge in [0.1, 0.15) is 5.75 Å². The van der Waals surface area contributed by atoms with Crippen molar-refractivity contribution in [2.24, 2.45) is 0 Å². The summed E-state index contributed by atoms with van der Waals surface area (Å²) in [6.07, 6.45) is 3.34. The van der Waals surface area contributed by atoms with Crippen LogP contribution in [0.25, 0.3) is 26.6 Å². The van der Waals surface area contributed by atoms with Crippen molar-refractivity contribution in [1.29, 1.82) is 0 Å². The average Bonchev–Trinajstić information content (AvgIpc) is 3.26. The number of fused-ring (bicyclic) bond motifs is 1. The molecule has 31 heavy (non-hydrogen) atoms. The van der Waals surface area contributed by atoms with Gasteiger partial charge in [-0.1, -0.05) is 18.2 Å². The largest absolute Gasteiger partial charge is 0.496 e. The zero-order valence-electron chi connectivity index (χ0n) is 17.5. The van der Waals surface area contributed by atoms with Crippen LogP contribution >= 0.6 is 11.3 Å². The summed E-state index contributed by atoms with van der Waals surface area (Å²) < 4.78 is 17.3. The Morgan fingerprint density at radius 3 is 2.29 bits per heavy atom. The molecule has 0 saturated heterocycles. The van der Waals surface area contributed by atoms with Gasteiger partial charge in [0.2, 0.25) is 0 Å². The van der Waals surface area contributed by atoms with Crippen molar-refractivity contribution >= 4 is 33.3 Å². The molecule has 0 aliphatic heterocycles. The van der Waals surface area contributed by atoms with Gasteiger partial charge in [-0.2, -0.15) is 0 Å². The van der Waals surface area contributed by atoms with Crippen LogP contribution in [-0.4, -0.2) is 27.1 Å². The second-order valence-corrected chi connectivity index (χ2v) is 7.96. The summed E-state index contributed by atoms with van der Waals surface area (Å²) in [5, 5.41) is 1.22. The summed E-state index contributed by atoms with van der Waals surface area (Å²) in [5.41, 5.74) is 2.44. The molecule has 1 heterocycles. The first-order valence-corrected chi connectivity index (χ1v) is 10.6. The molecule has 0 bridgehead atoms. The fourth-order valence-electron chi connectivity index (χ4n) is 3.39. The molecule has 0 fully saturated rings. The van der Waals surface area contributed by atoms with Gasteiger partial charge in [0.15, 0.2) is 17.3 Å². The summed E-state index contributed by atoms with van der Waals surface area (Å²) in [4.78, 5) is 13.9. The average molecular weight is 431 g/mol. The third-order valence-corrected chi connectivity index (χ3v) is 6.19. The van der Waals surface area contributed by atoms with Crippen molar-refractivity contribution < 1.29 is 19.0 Å². The highest BCUT2D eigenvalue weighted by Gasteiger charge is 2.10. The molecule has 0 unspecified atom stereocenters. The number of allylic oxidation sites excluding steroid dienone is 1. The SMILES string of the molecule is COc1ccc(-c2cc3ccccc3s2)cc1C=CC(=O)c1ccc(OC)c(OC)c1. The zero-order chi connectivity index (χ0) is 21.8. The Bertz CT molecular complexity index is 1240. The summed E-state index contributed by atoms with van der Waals surface area (Å²) >= 11 is 1.74. The highest BCUT2D eigenvalue weighted by Crippen LogP contribution is 2.36. The highest BCUT2D eigenvalue weighted by atomic mass is 32.1. The van der Waals surface area contributed by atoms with E-state index in [-0.39, 0.29) is 5.78 Å². The fourth-order valence-corrected chi connectivity index (χ4v) is 4.45. The van der Waals surface area contributed by atoms with Gasteiger partial charge in [-0.05, 0) is 71.6 Å². The van der Waals surface area contributed by atoms with E-state index in [1.54, 1.807) is 63.0 Å². The zero-order valence-corrected chi connectivity index (χ0v) is 18.4. The number of carbonyl (C=O) groups excluding carboxylic acids is 1. The number of ketones is 1. The van der Waals surface area contributed by atoms with E-state index >= 15 is 0 Å². The first kappa shape index (κ1) is 20.7. The minimum absolute atomic E-state index is 0.129. The van der Waals surface area contributed by atoms with Gasteiger partial charge in [0.25, 0.3) is 0 Å². The van der Waals surface area contributed by atoms with Crippen LogP contribution in [0, 0.1) is 0 Å². The first-order valence-electron chi connectivity index (χ1n) is 9.74. The van der Waals surface area contributed by atoms with Crippen molar-refractivity contribution in [2.45, 2.75) is 0 Å². The maximum Gasteiger partial charge on any atom is 0.185 e. The predicted molar refractivity (Wildman–Crippen MR) is 127 cm³/mol. The number of benzene rings is 3. The van der Waals surface area contributed by atoms with Gasteiger partial charge in [-0.3, -0.25) is 4.79 Å². The van der Waals surface area contributed by atoms with Crippen LogP contribution < -0.4 is 14.2 Å². The Labute approximate surface area is 185 Å². The third kappa shape index (κ3) is 4.32. The fraction of sp³-hybridized carbons (Fsp3) is 0.115. The minimum atomic E-state index is -0.129. The topological polar surface area (TPSA) is 44.8 Å². The van der Waals surface area contributed by atoms with Crippen LogP contribution in [0.5, 0.6) is 17.2 Å². The molecule has 0 saturated carbocycles. The number of thiophene rings is 1. The number of methoxy groups -OCH3 is 3. The molecule has 0 amide bonds. The van der Waals surface area contributed by atoms with Crippen molar-refractivity contribution in [3.8, 4) is 27.7 Å². The number of ether oxygens (including phenoxy) is 3. The van der Waals surface area contributed by atoms with E-state index in [2.05, 4.69) is 18.2 Å². The molecule has 0 atom stereocenters. The van der Waals surface area contributed by atoms with Crippen LogP contribution in [0.3, 0.4) is 0 Å². The van der Waals surface area contributed by atoms with Gasteiger partial charge >= 0.3 is 0 Å². The summed E-state index contributed by atoms with van der Waals surface area (Å²) in [6, 6.07) is 21.6. The van der Waals surface area contributed by atoms with Crippen molar-refractivity contribution in [3.05, 3.63) is 83.9 Å². The van der Waals surface area contributed by atoms with Crippen LogP contribution in [0.4, 0.5) is 0 Å². The summed E-state index contributed by atoms with van der Waals surface area (Å²) in [6.45, 7) is 0. The van der Waals surface area contributed by atoms with Crippen LogP contribution in [0.15, 0.2) is 72.8 Å². The monoisotopic (exact) mass is 430 g/mol. The van der Waals surface area contributed by atoms with Gasteiger partial charge in [-0.25, -0.2) is 0 Å². The molecule has 0 aliphatic rings. The molecule has 3 aromatic carbocycles. The Hall–Kier alpha value is -3.57. The second-order valence-electron chi connectivity index (χ2n) is 6.87. The van der Waals surface area contributed by atoms with E-state index < -0.39 is 0 Å². The first-order chi connectivity index (χ1) is 15.1.